The van der Waals surface area contributed by atoms with Gasteiger partial charge in [-0.2, -0.15) is 0 Å². The van der Waals surface area contributed by atoms with Crippen molar-refractivity contribution < 1.29 is 19.0 Å². The van der Waals surface area contributed by atoms with Gasteiger partial charge in [-0.15, -0.1) is 0 Å². The fraction of sp³-hybridized carbons (Fsp3) is 0.316. The fourth-order valence-electron chi connectivity index (χ4n) is 3.22. The van der Waals surface area contributed by atoms with Gasteiger partial charge in [-0.05, 0) is 47.4 Å². The Labute approximate surface area is 141 Å². The first kappa shape index (κ1) is 16.2. The summed E-state index contributed by atoms with van der Waals surface area (Å²) in [5, 5.41) is 0. The Morgan fingerprint density at radius 3 is 2.21 bits per heavy atom. The lowest BCUT2D eigenvalue weighted by atomic mass is 9.88. The summed E-state index contributed by atoms with van der Waals surface area (Å²) in [4.78, 5) is 13.4. The van der Waals surface area contributed by atoms with E-state index in [-0.39, 0.29) is 6.04 Å². The number of rotatable bonds is 5. The van der Waals surface area contributed by atoms with Crippen molar-refractivity contribution in [2.75, 3.05) is 27.9 Å². The molecule has 1 unspecified atom stereocenters. The van der Waals surface area contributed by atoms with E-state index in [2.05, 4.69) is 0 Å². The third-order valence-corrected chi connectivity index (χ3v) is 4.44. The summed E-state index contributed by atoms with van der Waals surface area (Å²) < 4.78 is 16.1. The van der Waals surface area contributed by atoms with Gasteiger partial charge in [-0.25, -0.2) is 0 Å². The molecule has 0 saturated carbocycles. The van der Waals surface area contributed by atoms with E-state index in [0.717, 1.165) is 29.7 Å². The first-order valence-electron chi connectivity index (χ1n) is 7.81. The van der Waals surface area contributed by atoms with Gasteiger partial charge in [0.05, 0.1) is 27.4 Å². The molecule has 0 aliphatic carbocycles. The summed E-state index contributed by atoms with van der Waals surface area (Å²) in [5.74, 6) is 2.24. The lowest BCUT2D eigenvalue weighted by Gasteiger charge is -2.35. The van der Waals surface area contributed by atoms with E-state index in [1.165, 1.54) is 5.56 Å². The van der Waals surface area contributed by atoms with Crippen molar-refractivity contribution in [3.63, 3.8) is 0 Å². The Balaban J connectivity index is 2.13. The Morgan fingerprint density at radius 2 is 1.62 bits per heavy atom. The van der Waals surface area contributed by atoms with Gasteiger partial charge in [-0.1, -0.05) is 6.07 Å². The van der Waals surface area contributed by atoms with Gasteiger partial charge >= 0.3 is 0 Å². The predicted molar refractivity (Wildman–Crippen MR) is 90.9 cm³/mol. The number of carbonyl (C=O) groups excluding carboxylic acids is 1. The summed E-state index contributed by atoms with van der Waals surface area (Å²) in [6, 6.07) is 11.6. The second kappa shape index (κ2) is 6.83. The highest BCUT2D eigenvalue weighted by atomic mass is 16.5. The maximum atomic E-state index is 11.6. The molecule has 1 heterocycles. The molecule has 1 amide bonds. The summed E-state index contributed by atoms with van der Waals surface area (Å²) in [6.07, 6.45) is 1.71. The van der Waals surface area contributed by atoms with Gasteiger partial charge in [-0.3, -0.25) is 4.79 Å². The van der Waals surface area contributed by atoms with Crippen LogP contribution in [0.3, 0.4) is 0 Å². The molecule has 1 aliphatic heterocycles. The number of ether oxygens (including phenoxy) is 3. The molecule has 2 aromatic rings. The van der Waals surface area contributed by atoms with Crippen molar-refractivity contribution in [3.8, 4) is 17.2 Å². The van der Waals surface area contributed by atoms with E-state index >= 15 is 0 Å². The largest absolute Gasteiger partial charge is 0.497 e. The van der Waals surface area contributed by atoms with Crippen LogP contribution in [0, 0.1) is 0 Å². The molecule has 0 fully saturated rings. The minimum atomic E-state index is -0.166. The van der Waals surface area contributed by atoms with E-state index < -0.39 is 0 Å². The van der Waals surface area contributed by atoms with Crippen LogP contribution in [0.15, 0.2) is 36.4 Å². The van der Waals surface area contributed by atoms with Gasteiger partial charge in [0.1, 0.15) is 17.2 Å². The topological polar surface area (TPSA) is 48.0 Å². The number of benzene rings is 2. The van der Waals surface area contributed by atoms with Crippen LogP contribution < -0.4 is 14.2 Å². The molecule has 5 heteroatoms. The van der Waals surface area contributed by atoms with Gasteiger partial charge in [0.25, 0.3) is 0 Å². The van der Waals surface area contributed by atoms with Crippen molar-refractivity contribution in [2.24, 2.45) is 0 Å². The highest BCUT2D eigenvalue weighted by molar-refractivity contribution is 5.56. The molecule has 0 bridgehead atoms. The van der Waals surface area contributed by atoms with E-state index in [9.17, 15) is 4.79 Å². The van der Waals surface area contributed by atoms with Crippen LogP contribution in [0.25, 0.3) is 0 Å². The predicted octanol–water partition coefficient (Wildman–Crippen LogP) is 2.82. The van der Waals surface area contributed by atoms with Crippen molar-refractivity contribution in [2.45, 2.75) is 12.5 Å². The number of carbonyl (C=O) groups is 1. The van der Waals surface area contributed by atoms with Gasteiger partial charge in [0, 0.05) is 12.6 Å². The zero-order valence-corrected chi connectivity index (χ0v) is 14.1. The molecular weight excluding hydrogens is 306 g/mol. The number of fused-ring (bicyclic) bond motifs is 1. The van der Waals surface area contributed by atoms with Crippen molar-refractivity contribution in [1.82, 2.24) is 4.90 Å². The minimum Gasteiger partial charge on any atom is -0.497 e. The standard InChI is InChI=1S/C19H21NO4/c1-22-15-4-5-18-13(8-15)6-7-20(12-21)19(18)14-9-16(23-2)11-17(10-14)24-3/h4-5,8-12,19H,6-7H2,1-3H3. The zero-order chi connectivity index (χ0) is 17.1. The molecule has 0 radical (unpaired) electrons. The van der Waals surface area contributed by atoms with Gasteiger partial charge in [0.2, 0.25) is 6.41 Å². The average molecular weight is 327 g/mol. The molecule has 5 nitrogen and oxygen atoms in total. The van der Waals surface area contributed by atoms with E-state index in [1.807, 2.05) is 41.3 Å². The SMILES string of the molecule is COc1cc(OC)cc(C2c3ccc(OC)cc3CCN2C=O)c1. The lowest BCUT2D eigenvalue weighted by molar-refractivity contribution is -0.119. The molecule has 3 rings (SSSR count). The van der Waals surface area contributed by atoms with Crippen LogP contribution in [0.5, 0.6) is 17.2 Å². The van der Waals surface area contributed by atoms with Crippen LogP contribution in [-0.4, -0.2) is 39.2 Å². The zero-order valence-electron chi connectivity index (χ0n) is 14.1. The Hall–Kier alpha value is -2.69. The second-order valence-electron chi connectivity index (χ2n) is 5.71. The Kier molecular flexibility index (Phi) is 4.60. The maximum absolute atomic E-state index is 11.6. The Morgan fingerprint density at radius 1 is 0.958 bits per heavy atom. The third kappa shape index (κ3) is 2.89. The van der Waals surface area contributed by atoms with E-state index in [0.29, 0.717) is 18.0 Å². The van der Waals surface area contributed by atoms with Gasteiger partial charge < -0.3 is 19.1 Å². The quantitative estimate of drug-likeness (QED) is 0.792. The average Bonchev–Trinajstić information content (AvgIpc) is 2.65. The molecule has 0 saturated heterocycles. The lowest BCUT2D eigenvalue weighted by Crippen LogP contribution is -2.35. The summed E-state index contributed by atoms with van der Waals surface area (Å²) in [7, 11) is 4.90. The number of nitrogens with zero attached hydrogens (tertiary/aromatic N) is 1. The maximum Gasteiger partial charge on any atom is 0.210 e. The number of methoxy groups -OCH3 is 3. The molecule has 126 valence electrons. The highest BCUT2D eigenvalue weighted by Crippen LogP contribution is 2.38. The van der Waals surface area contributed by atoms with Crippen LogP contribution in [0.4, 0.5) is 0 Å². The van der Waals surface area contributed by atoms with Crippen molar-refractivity contribution >= 4 is 6.41 Å². The number of amides is 1. The third-order valence-electron chi connectivity index (χ3n) is 4.44. The monoisotopic (exact) mass is 327 g/mol. The smallest absolute Gasteiger partial charge is 0.210 e. The second-order valence-corrected chi connectivity index (χ2v) is 5.71. The van der Waals surface area contributed by atoms with E-state index in [4.69, 9.17) is 14.2 Å². The Bertz CT molecular complexity index is 722. The molecule has 2 aromatic carbocycles. The molecule has 24 heavy (non-hydrogen) atoms. The highest BCUT2D eigenvalue weighted by Gasteiger charge is 2.29. The molecular formula is C19H21NO4. The molecule has 1 aliphatic rings. The first-order valence-corrected chi connectivity index (χ1v) is 7.81. The van der Waals surface area contributed by atoms with Gasteiger partial charge in [0.15, 0.2) is 0 Å². The van der Waals surface area contributed by atoms with Crippen LogP contribution in [0.1, 0.15) is 22.7 Å². The van der Waals surface area contributed by atoms with Crippen LogP contribution in [-0.2, 0) is 11.2 Å². The normalized spacial score (nSPS) is 16.3. The summed E-state index contributed by atoms with van der Waals surface area (Å²) in [5.41, 5.74) is 3.26. The molecule has 1 atom stereocenters. The number of hydrogen-bond donors (Lipinski definition) is 0. The first-order chi connectivity index (χ1) is 11.7. The number of hydrogen-bond acceptors (Lipinski definition) is 4. The van der Waals surface area contributed by atoms with Crippen LogP contribution in [0.2, 0.25) is 0 Å². The van der Waals surface area contributed by atoms with Crippen LogP contribution >= 0.6 is 0 Å². The molecule has 0 aromatic heterocycles. The molecule has 0 spiro atoms. The molecule has 0 N–H and O–H groups in total. The fourth-order valence-corrected chi connectivity index (χ4v) is 3.22. The summed E-state index contributed by atoms with van der Waals surface area (Å²) in [6.45, 7) is 0.661. The van der Waals surface area contributed by atoms with E-state index in [1.54, 1.807) is 21.3 Å². The van der Waals surface area contributed by atoms with Crippen molar-refractivity contribution in [3.05, 3.63) is 53.1 Å². The summed E-state index contributed by atoms with van der Waals surface area (Å²) >= 11 is 0. The minimum absolute atomic E-state index is 0.166. The van der Waals surface area contributed by atoms with Crippen molar-refractivity contribution in [1.29, 1.82) is 0 Å².